The Balaban J connectivity index is 0.000000659. The molecule has 0 saturated heterocycles. The van der Waals surface area contributed by atoms with Gasteiger partial charge >= 0.3 is 89.4 Å². The fourth-order valence-corrected chi connectivity index (χ4v) is 18.1. The average molecular weight is 433 g/mol. The van der Waals surface area contributed by atoms with E-state index in [9.17, 15) is 0 Å². The van der Waals surface area contributed by atoms with Crippen LogP contribution in [0.25, 0.3) is 0 Å². The second kappa shape index (κ2) is 7.53. The Morgan fingerprint density at radius 1 is 0.889 bits per heavy atom. The minimum atomic E-state index is -2.73. The number of aliphatic hydroxyl groups excluding tert-OH is 2. The van der Waals surface area contributed by atoms with E-state index < -0.39 is 17.1 Å². The summed E-state index contributed by atoms with van der Waals surface area (Å²) in [6.07, 6.45) is 16.2. The number of allylic oxidation sites excluding steroid dienone is 8. The van der Waals surface area contributed by atoms with Crippen molar-refractivity contribution in [1.29, 1.82) is 0 Å². The second-order valence-corrected chi connectivity index (χ2v) is 46.6. The SMILES string of the molecule is CO.CO.[CH3][Hf]([CH3])(=[SiH2])([C]1=CC=CC1)[C]1=CC=CC1. The Hall–Kier alpha value is -0.0330. The zero-order valence-corrected chi connectivity index (χ0v) is 17.0. The van der Waals surface area contributed by atoms with Gasteiger partial charge in [0.25, 0.3) is 0 Å². The van der Waals surface area contributed by atoms with Crippen molar-refractivity contribution in [3.8, 4) is 0 Å². The van der Waals surface area contributed by atoms with Crippen molar-refractivity contribution in [2.24, 2.45) is 0 Å². The Labute approximate surface area is 113 Å². The summed E-state index contributed by atoms with van der Waals surface area (Å²) in [6, 6.07) is 0. The summed E-state index contributed by atoms with van der Waals surface area (Å²) in [6.45, 7) is 2.33. The Morgan fingerprint density at radius 3 is 1.44 bits per heavy atom. The second-order valence-electron chi connectivity index (χ2n) is 5.33. The first-order chi connectivity index (χ1) is 8.49. The molecule has 0 aromatic carbocycles. The molecule has 102 valence electrons. The van der Waals surface area contributed by atoms with E-state index in [1.54, 1.807) is 6.66 Å². The fourth-order valence-electron chi connectivity index (χ4n) is 2.29. The summed E-state index contributed by atoms with van der Waals surface area (Å²) in [5.41, 5.74) is 0. The predicted octanol–water partition coefficient (Wildman–Crippen LogP) is 2.22. The van der Waals surface area contributed by atoms with Crippen molar-refractivity contribution in [2.45, 2.75) is 22.2 Å². The molecule has 0 heterocycles. The van der Waals surface area contributed by atoms with Gasteiger partial charge in [0.15, 0.2) is 0 Å². The molecule has 0 radical (unpaired) electrons. The third kappa shape index (κ3) is 3.98. The summed E-state index contributed by atoms with van der Waals surface area (Å²) in [7, 11) is 2.00. The molecule has 0 fully saturated rings. The number of hydrogen-bond donors (Lipinski definition) is 2. The van der Waals surface area contributed by atoms with E-state index >= 15 is 0 Å². The summed E-state index contributed by atoms with van der Waals surface area (Å²) in [5, 5.41) is 14.0. The molecule has 2 aliphatic rings. The van der Waals surface area contributed by atoms with E-state index in [0.717, 1.165) is 14.2 Å². The van der Waals surface area contributed by atoms with Gasteiger partial charge in [-0.2, -0.15) is 0 Å². The molecule has 2 N–H and O–H groups in total. The predicted molar refractivity (Wildman–Crippen MR) is 80.2 cm³/mol. The van der Waals surface area contributed by atoms with Gasteiger partial charge in [0, 0.05) is 14.2 Å². The van der Waals surface area contributed by atoms with E-state index in [1.807, 2.05) is 0 Å². The van der Waals surface area contributed by atoms with Gasteiger partial charge in [-0.3, -0.25) is 0 Å². The van der Waals surface area contributed by atoms with Crippen LogP contribution in [0.3, 0.4) is 0 Å². The van der Waals surface area contributed by atoms with Crippen molar-refractivity contribution in [1.82, 2.24) is 0 Å². The van der Waals surface area contributed by atoms with Crippen LogP contribution in [0.15, 0.2) is 43.1 Å². The average Bonchev–Trinajstić information content (AvgIpc) is 3.07. The van der Waals surface area contributed by atoms with Crippen molar-refractivity contribution in [2.75, 3.05) is 14.2 Å². The van der Waals surface area contributed by atoms with Gasteiger partial charge in [0.1, 0.15) is 0 Å². The summed E-state index contributed by atoms with van der Waals surface area (Å²) in [5.74, 6) is 0. The molecule has 2 nitrogen and oxygen atoms in total. The summed E-state index contributed by atoms with van der Waals surface area (Å²) < 4.78 is 8.67. The molecule has 0 atom stereocenters. The fraction of sp³-hybridized carbons (Fsp3) is 0.429. The summed E-state index contributed by atoms with van der Waals surface area (Å²) >= 11 is -2.73. The van der Waals surface area contributed by atoms with Gasteiger partial charge in [0.05, 0.1) is 0 Å². The third-order valence-electron chi connectivity index (χ3n) is 3.60. The van der Waals surface area contributed by atoms with E-state index in [-0.39, 0.29) is 0 Å². The first kappa shape index (κ1) is 18.0. The van der Waals surface area contributed by atoms with Gasteiger partial charge in [-0.1, -0.05) is 0 Å². The molecule has 18 heavy (non-hydrogen) atoms. The minimum absolute atomic E-state index is 1.00. The molecule has 0 aromatic heterocycles. The van der Waals surface area contributed by atoms with Crippen molar-refractivity contribution < 1.29 is 27.3 Å². The van der Waals surface area contributed by atoms with Crippen molar-refractivity contribution in [3.63, 3.8) is 0 Å². The topological polar surface area (TPSA) is 40.5 Å². The van der Waals surface area contributed by atoms with Gasteiger partial charge in [-0.05, 0) is 0 Å². The summed E-state index contributed by atoms with van der Waals surface area (Å²) in [4.78, 5) is 0. The molecule has 4 heteroatoms. The van der Waals surface area contributed by atoms with Crippen LogP contribution in [0.4, 0.5) is 0 Å². The first-order valence-corrected chi connectivity index (χ1v) is 25.3. The van der Waals surface area contributed by atoms with E-state index in [4.69, 9.17) is 10.2 Å². The number of hydrogen-bond acceptors (Lipinski definition) is 2. The Bertz CT molecular complexity index is 414. The maximum absolute atomic E-state index is 7.00. The first-order valence-electron chi connectivity index (χ1n) is 6.18. The molecular formula is C14H26HfO2Si. The van der Waals surface area contributed by atoms with Crippen LogP contribution in [0, 0.1) is 0 Å². The molecule has 0 aromatic rings. The van der Waals surface area contributed by atoms with E-state index in [1.165, 1.54) is 12.8 Å². The van der Waals surface area contributed by atoms with Crippen LogP contribution in [0.5, 0.6) is 0 Å². The maximum atomic E-state index is 7.00. The number of aliphatic hydroxyl groups is 2. The van der Waals surface area contributed by atoms with Gasteiger partial charge in [-0.15, -0.1) is 0 Å². The van der Waals surface area contributed by atoms with Crippen LogP contribution in [0.1, 0.15) is 12.8 Å². The molecule has 0 amide bonds. The third-order valence-corrected chi connectivity index (χ3v) is 28.5. The zero-order chi connectivity index (χ0) is 14.3. The molecule has 0 unspecified atom stereocenters. The Morgan fingerprint density at radius 2 is 1.22 bits per heavy atom. The molecule has 0 aliphatic heterocycles. The molecular weight excluding hydrogens is 407 g/mol. The van der Waals surface area contributed by atoms with Crippen LogP contribution in [-0.4, -0.2) is 31.4 Å². The van der Waals surface area contributed by atoms with Crippen molar-refractivity contribution in [3.05, 3.63) is 43.1 Å². The quantitative estimate of drug-likeness (QED) is 0.657. The van der Waals surface area contributed by atoms with Gasteiger partial charge < -0.3 is 10.2 Å². The molecule has 2 rings (SSSR count). The molecule has 0 bridgehead atoms. The van der Waals surface area contributed by atoms with Crippen LogP contribution in [-0.2, 0) is 17.1 Å². The van der Waals surface area contributed by atoms with Crippen LogP contribution >= 0.6 is 0 Å². The normalized spacial score (nSPS) is 17.3. The van der Waals surface area contributed by atoms with E-state index in [0.29, 0.717) is 0 Å². The number of rotatable bonds is 2. The van der Waals surface area contributed by atoms with Gasteiger partial charge in [0.2, 0.25) is 0 Å². The standard InChI is InChI=1S/2C5H5.2CH4O.2CH3.Hf.H2Si/c2*1-2-4-5-3-1;2*1-2;;;;/h2*1-3H,4H2;2*2H,1H3;2*1H3;;1H2. The Kier molecular flexibility index (Phi) is 7.52. The molecule has 2 aliphatic carbocycles. The van der Waals surface area contributed by atoms with Crippen LogP contribution in [0.2, 0.25) is 9.36 Å². The van der Waals surface area contributed by atoms with E-state index in [2.05, 4.69) is 52.8 Å². The van der Waals surface area contributed by atoms with Crippen molar-refractivity contribution >= 4 is 6.94 Å². The zero-order valence-electron chi connectivity index (χ0n) is 12.0. The monoisotopic (exact) mass is 434 g/mol. The molecule has 0 saturated carbocycles. The van der Waals surface area contributed by atoms with Crippen LogP contribution < -0.4 is 0 Å². The van der Waals surface area contributed by atoms with Gasteiger partial charge in [-0.25, -0.2) is 0 Å². The molecule has 0 spiro atoms.